The van der Waals surface area contributed by atoms with Gasteiger partial charge < -0.3 is 10.8 Å². The summed E-state index contributed by atoms with van der Waals surface area (Å²) in [5.74, 6) is 0.370. The van der Waals surface area contributed by atoms with Crippen molar-refractivity contribution in [1.82, 2.24) is 4.90 Å². The zero-order valence-electron chi connectivity index (χ0n) is 17.3. The predicted molar refractivity (Wildman–Crippen MR) is 115 cm³/mol. The first kappa shape index (κ1) is 22.8. The fourth-order valence-electron chi connectivity index (χ4n) is 3.47. The highest BCUT2D eigenvalue weighted by Crippen LogP contribution is 2.22. The maximum atomic E-state index is 10.1. The van der Waals surface area contributed by atoms with Crippen LogP contribution in [-0.2, 0) is 6.54 Å². The van der Waals surface area contributed by atoms with Crippen LogP contribution in [0.3, 0.4) is 0 Å². The second kappa shape index (κ2) is 14.9. The molecule has 0 aromatic heterocycles. The van der Waals surface area contributed by atoms with Gasteiger partial charge in [-0.3, -0.25) is 4.90 Å². The number of rotatable bonds is 16. The largest absolute Gasteiger partial charge is 0.508 e. The first-order valence-electron chi connectivity index (χ1n) is 11.0. The van der Waals surface area contributed by atoms with Gasteiger partial charge in [0.05, 0.1) is 0 Å². The molecule has 0 heterocycles. The van der Waals surface area contributed by atoms with Crippen LogP contribution in [0.1, 0.15) is 96.5 Å². The van der Waals surface area contributed by atoms with Gasteiger partial charge >= 0.3 is 0 Å². The maximum Gasteiger partial charge on any atom is 0.120 e. The van der Waals surface area contributed by atoms with Gasteiger partial charge in [-0.1, -0.05) is 78.1 Å². The lowest BCUT2D eigenvalue weighted by atomic mass is 10.1. The number of unbranched alkanes of at least 4 members (excludes halogenated alkanes) is 10. The van der Waals surface area contributed by atoms with Crippen LogP contribution >= 0.6 is 0 Å². The van der Waals surface area contributed by atoms with E-state index in [1.807, 2.05) is 6.07 Å². The first-order valence-corrected chi connectivity index (χ1v) is 11.0. The number of hydrogen-bond acceptors (Lipinski definition) is 3. The van der Waals surface area contributed by atoms with Crippen LogP contribution in [0.25, 0.3) is 0 Å². The Morgan fingerprint density at radius 3 is 1.81 bits per heavy atom. The van der Waals surface area contributed by atoms with Crippen molar-refractivity contribution in [2.45, 2.75) is 97.4 Å². The summed E-state index contributed by atoms with van der Waals surface area (Å²) in [4.78, 5) is 2.51. The summed E-state index contributed by atoms with van der Waals surface area (Å²) in [5.41, 5.74) is 7.60. The molecule has 3 N–H and O–H groups in total. The summed E-state index contributed by atoms with van der Waals surface area (Å²) in [7, 11) is 0. The molecular formula is C23H42N2O. The molecule has 3 nitrogen and oxygen atoms in total. The molecule has 150 valence electrons. The quantitative estimate of drug-likeness (QED) is 0.200. The summed E-state index contributed by atoms with van der Waals surface area (Å²) >= 11 is 0. The lowest BCUT2D eigenvalue weighted by Crippen LogP contribution is -2.26. The van der Waals surface area contributed by atoms with Gasteiger partial charge in [-0.25, -0.2) is 0 Å². The fraction of sp³-hybridized carbons (Fsp3) is 0.739. The number of phenolic OH excluding ortho intramolecular Hbond substituents is 1. The number of nitrogen functional groups attached to an aromatic ring is 1. The van der Waals surface area contributed by atoms with Crippen LogP contribution in [-0.4, -0.2) is 23.1 Å². The van der Waals surface area contributed by atoms with E-state index in [0.717, 1.165) is 30.9 Å². The van der Waals surface area contributed by atoms with Gasteiger partial charge in [0.15, 0.2) is 0 Å². The summed E-state index contributed by atoms with van der Waals surface area (Å²) in [6.45, 7) is 7.58. The van der Waals surface area contributed by atoms with Crippen LogP contribution in [0, 0.1) is 0 Å². The molecule has 0 saturated heterocycles. The normalized spacial score (nSPS) is 11.3. The van der Waals surface area contributed by atoms with Gasteiger partial charge in [-0.05, 0) is 44.1 Å². The molecule has 3 heteroatoms. The van der Waals surface area contributed by atoms with Gasteiger partial charge in [0.1, 0.15) is 5.75 Å². The second-order valence-electron chi connectivity index (χ2n) is 7.70. The number of nitrogens with two attached hydrogens (primary N) is 1. The Bertz CT molecular complexity index is 446. The highest BCUT2D eigenvalue weighted by molar-refractivity contribution is 5.47. The van der Waals surface area contributed by atoms with Crippen LogP contribution in [0.4, 0.5) is 5.69 Å². The summed E-state index contributed by atoms with van der Waals surface area (Å²) < 4.78 is 0. The Hall–Kier alpha value is -1.22. The lowest BCUT2D eigenvalue weighted by molar-refractivity contribution is 0.249. The van der Waals surface area contributed by atoms with Crippen molar-refractivity contribution in [3.63, 3.8) is 0 Å². The van der Waals surface area contributed by atoms with E-state index in [1.165, 1.54) is 77.0 Å². The van der Waals surface area contributed by atoms with Crippen molar-refractivity contribution in [2.24, 2.45) is 0 Å². The van der Waals surface area contributed by atoms with E-state index in [2.05, 4.69) is 18.7 Å². The van der Waals surface area contributed by atoms with Gasteiger partial charge in [0.25, 0.3) is 0 Å². The second-order valence-corrected chi connectivity index (χ2v) is 7.70. The van der Waals surface area contributed by atoms with E-state index >= 15 is 0 Å². The molecule has 0 aliphatic heterocycles. The Morgan fingerprint density at radius 2 is 1.27 bits per heavy atom. The molecule has 0 bridgehead atoms. The number of nitrogens with zero attached hydrogens (tertiary/aromatic N) is 1. The van der Waals surface area contributed by atoms with E-state index in [4.69, 9.17) is 5.73 Å². The van der Waals surface area contributed by atoms with E-state index in [-0.39, 0.29) is 0 Å². The maximum absolute atomic E-state index is 10.1. The topological polar surface area (TPSA) is 49.5 Å². The van der Waals surface area contributed by atoms with E-state index in [1.54, 1.807) is 12.1 Å². The lowest BCUT2D eigenvalue weighted by Gasteiger charge is -2.23. The molecule has 0 aliphatic rings. The van der Waals surface area contributed by atoms with Crippen LogP contribution in [0.5, 0.6) is 5.75 Å². The van der Waals surface area contributed by atoms with Gasteiger partial charge in [0, 0.05) is 17.8 Å². The average Bonchev–Trinajstić information content (AvgIpc) is 2.63. The molecule has 0 aliphatic carbocycles. The number of benzene rings is 1. The van der Waals surface area contributed by atoms with Gasteiger partial charge in [0.2, 0.25) is 0 Å². The number of phenols is 1. The Morgan fingerprint density at radius 1 is 0.769 bits per heavy atom. The zero-order valence-corrected chi connectivity index (χ0v) is 17.3. The Kier molecular flexibility index (Phi) is 13.1. The summed E-state index contributed by atoms with van der Waals surface area (Å²) in [5, 5.41) is 10.1. The predicted octanol–water partition coefficient (Wildman–Crippen LogP) is 6.50. The van der Waals surface area contributed by atoms with Crippen molar-refractivity contribution < 1.29 is 5.11 Å². The third kappa shape index (κ3) is 10.7. The van der Waals surface area contributed by atoms with Crippen molar-refractivity contribution in [3.8, 4) is 5.75 Å². The van der Waals surface area contributed by atoms with Gasteiger partial charge in [-0.15, -0.1) is 0 Å². The number of hydrogen-bond donors (Lipinski definition) is 2. The Balaban J connectivity index is 2.42. The highest BCUT2D eigenvalue weighted by atomic mass is 16.3. The molecule has 1 aromatic rings. The van der Waals surface area contributed by atoms with Crippen molar-refractivity contribution in [1.29, 1.82) is 0 Å². The fourth-order valence-corrected chi connectivity index (χ4v) is 3.47. The van der Waals surface area contributed by atoms with E-state index < -0.39 is 0 Å². The van der Waals surface area contributed by atoms with Crippen LogP contribution < -0.4 is 5.73 Å². The molecule has 26 heavy (non-hydrogen) atoms. The molecule has 1 aromatic carbocycles. The van der Waals surface area contributed by atoms with Crippen molar-refractivity contribution in [2.75, 3.05) is 18.8 Å². The third-order valence-electron chi connectivity index (χ3n) is 5.15. The van der Waals surface area contributed by atoms with Crippen LogP contribution in [0.2, 0.25) is 0 Å². The minimum atomic E-state index is 0.370. The Labute approximate surface area is 162 Å². The van der Waals surface area contributed by atoms with Gasteiger partial charge in [-0.2, -0.15) is 0 Å². The molecule has 0 saturated carbocycles. The number of aromatic hydroxyl groups is 1. The molecule has 0 unspecified atom stereocenters. The molecule has 0 fully saturated rings. The summed E-state index contributed by atoms with van der Waals surface area (Å²) in [6, 6.07) is 5.41. The zero-order chi connectivity index (χ0) is 19.0. The SMILES string of the molecule is CCCCCCCCN(CCCCCCCC)Cc1cc(N)ccc1O. The number of anilines is 1. The smallest absolute Gasteiger partial charge is 0.120 e. The molecule has 0 radical (unpaired) electrons. The summed E-state index contributed by atoms with van der Waals surface area (Å²) in [6.07, 6.45) is 15.9. The molecule has 1 rings (SSSR count). The van der Waals surface area contributed by atoms with Crippen molar-refractivity contribution in [3.05, 3.63) is 23.8 Å². The van der Waals surface area contributed by atoms with E-state index in [9.17, 15) is 5.11 Å². The third-order valence-corrected chi connectivity index (χ3v) is 5.15. The molecule has 0 spiro atoms. The first-order chi connectivity index (χ1) is 12.7. The monoisotopic (exact) mass is 362 g/mol. The standard InChI is InChI=1S/C23H42N2O/c1-3-5-7-9-11-13-17-25(18-14-12-10-8-6-4-2)20-21-19-22(24)15-16-23(21)26/h15-16,19,26H,3-14,17-18,20,24H2,1-2H3. The van der Waals surface area contributed by atoms with Crippen LogP contribution in [0.15, 0.2) is 18.2 Å². The minimum Gasteiger partial charge on any atom is -0.508 e. The molecule has 0 atom stereocenters. The van der Waals surface area contributed by atoms with E-state index in [0.29, 0.717) is 5.75 Å². The minimum absolute atomic E-state index is 0.370. The van der Waals surface area contributed by atoms with Crippen molar-refractivity contribution >= 4 is 5.69 Å². The molecular weight excluding hydrogens is 320 g/mol. The average molecular weight is 363 g/mol. The molecule has 0 amide bonds. The highest BCUT2D eigenvalue weighted by Gasteiger charge is 2.09.